The van der Waals surface area contributed by atoms with Gasteiger partial charge in [0.2, 0.25) is 0 Å². The second kappa shape index (κ2) is 6.44. The molecule has 2 heterocycles. The zero-order valence-electron chi connectivity index (χ0n) is 12.2. The lowest BCUT2D eigenvalue weighted by Gasteiger charge is -2.11. The first-order valence-electron chi connectivity index (χ1n) is 6.97. The Kier molecular flexibility index (Phi) is 4.88. The average Bonchev–Trinajstić information content (AvgIpc) is 2.73. The smallest absolute Gasteiger partial charge is 0.138 e. The predicted octanol–water partition coefficient (Wildman–Crippen LogP) is 3.72. The molecule has 19 heavy (non-hydrogen) atoms. The van der Waals surface area contributed by atoms with Crippen molar-refractivity contribution in [2.24, 2.45) is 0 Å². The molecule has 0 saturated carbocycles. The molecule has 1 N–H and O–H groups in total. The van der Waals surface area contributed by atoms with Gasteiger partial charge in [0.25, 0.3) is 0 Å². The van der Waals surface area contributed by atoms with Crippen molar-refractivity contribution in [3.63, 3.8) is 0 Å². The third-order valence-electron chi connectivity index (χ3n) is 3.16. The quantitative estimate of drug-likeness (QED) is 0.816. The summed E-state index contributed by atoms with van der Waals surface area (Å²) in [5.41, 5.74) is 2.31. The maximum absolute atomic E-state index is 4.76. The predicted molar refractivity (Wildman–Crippen MR) is 82.8 cm³/mol. The van der Waals surface area contributed by atoms with Crippen LogP contribution in [0.3, 0.4) is 0 Å². The number of aromatic nitrogens is 2. The molecule has 2 rings (SSSR count). The average molecular weight is 277 g/mol. The van der Waals surface area contributed by atoms with E-state index in [4.69, 9.17) is 4.98 Å². The third-order valence-corrected chi connectivity index (χ3v) is 4.44. The number of rotatable bonds is 6. The zero-order chi connectivity index (χ0) is 13.8. The highest BCUT2D eigenvalue weighted by Gasteiger charge is 2.14. The summed E-state index contributed by atoms with van der Waals surface area (Å²) in [6.07, 6.45) is 3.26. The van der Waals surface area contributed by atoms with Crippen LogP contribution < -0.4 is 5.32 Å². The second-order valence-corrected chi connectivity index (χ2v) is 6.59. The van der Waals surface area contributed by atoms with Crippen LogP contribution in [0.5, 0.6) is 0 Å². The van der Waals surface area contributed by atoms with Crippen LogP contribution in [-0.2, 0) is 6.54 Å². The molecule has 0 aromatic carbocycles. The molecule has 0 radical (unpaired) electrons. The third kappa shape index (κ3) is 3.51. The monoisotopic (exact) mass is 277 g/mol. The first-order chi connectivity index (χ1) is 9.11. The Balaban J connectivity index is 2.34. The van der Waals surface area contributed by atoms with Crippen molar-refractivity contribution in [2.75, 3.05) is 0 Å². The van der Waals surface area contributed by atoms with E-state index in [9.17, 15) is 0 Å². The minimum atomic E-state index is 0.482. The largest absolute Gasteiger partial charge is 0.309 e. The minimum absolute atomic E-state index is 0.482. The van der Waals surface area contributed by atoms with Crippen LogP contribution >= 0.6 is 11.8 Å². The highest BCUT2D eigenvalue weighted by Crippen LogP contribution is 2.28. The summed E-state index contributed by atoms with van der Waals surface area (Å²) in [7, 11) is 0. The van der Waals surface area contributed by atoms with Gasteiger partial charge in [0.15, 0.2) is 0 Å². The highest BCUT2D eigenvalue weighted by atomic mass is 32.2. The van der Waals surface area contributed by atoms with Gasteiger partial charge in [-0.05, 0) is 18.6 Å². The topological polar surface area (TPSA) is 29.3 Å². The molecule has 2 aromatic heterocycles. The summed E-state index contributed by atoms with van der Waals surface area (Å²) in [6.45, 7) is 9.69. The van der Waals surface area contributed by atoms with Crippen LogP contribution in [0.25, 0.3) is 5.65 Å². The van der Waals surface area contributed by atoms with Crippen molar-refractivity contribution in [2.45, 2.75) is 57.0 Å². The summed E-state index contributed by atoms with van der Waals surface area (Å²) in [5, 5.41) is 5.26. The zero-order valence-corrected chi connectivity index (χ0v) is 13.0. The number of nitrogens with one attached hydrogen (secondary N) is 1. The van der Waals surface area contributed by atoms with Crippen molar-refractivity contribution in [3.05, 3.63) is 30.1 Å². The van der Waals surface area contributed by atoms with Crippen molar-refractivity contribution in [1.82, 2.24) is 14.7 Å². The summed E-state index contributed by atoms with van der Waals surface area (Å²) < 4.78 is 2.19. The molecule has 0 aliphatic heterocycles. The Morgan fingerprint density at radius 3 is 2.79 bits per heavy atom. The fourth-order valence-corrected chi connectivity index (χ4v) is 2.86. The molecule has 104 valence electrons. The SMILES string of the molecule is CCC(C)Sc1nc2ccccn2c1CNC(C)C. The van der Waals surface area contributed by atoms with E-state index in [-0.39, 0.29) is 0 Å². The van der Waals surface area contributed by atoms with E-state index in [2.05, 4.69) is 55.7 Å². The van der Waals surface area contributed by atoms with Crippen LogP contribution in [0.2, 0.25) is 0 Å². The van der Waals surface area contributed by atoms with E-state index in [1.165, 1.54) is 5.69 Å². The first kappa shape index (κ1) is 14.4. The Morgan fingerprint density at radius 2 is 2.11 bits per heavy atom. The molecular formula is C15H23N3S. The Labute approximate surface area is 119 Å². The fourth-order valence-electron chi connectivity index (χ4n) is 1.85. The van der Waals surface area contributed by atoms with Crippen LogP contribution in [0.1, 0.15) is 39.8 Å². The number of thioether (sulfide) groups is 1. The normalized spacial score (nSPS) is 13.3. The number of pyridine rings is 1. The van der Waals surface area contributed by atoms with Gasteiger partial charge in [0.05, 0.1) is 5.69 Å². The van der Waals surface area contributed by atoms with Gasteiger partial charge < -0.3 is 9.72 Å². The van der Waals surface area contributed by atoms with Gasteiger partial charge in [-0.15, -0.1) is 11.8 Å². The van der Waals surface area contributed by atoms with Crippen LogP contribution in [0.15, 0.2) is 29.4 Å². The first-order valence-corrected chi connectivity index (χ1v) is 7.85. The van der Waals surface area contributed by atoms with Gasteiger partial charge in [-0.25, -0.2) is 4.98 Å². The van der Waals surface area contributed by atoms with Crippen LogP contribution in [0.4, 0.5) is 0 Å². The Hall–Kier alpha value is -1.00. The lowest BCUT2D eigenvalue weighted by atomic mass is 10.3. The molecule has 4 heteroatoms. The summed E-state index contributed by atoms with van der Waals surface area (Å²) in [6, 6.07) is 6.65. The van der Waals surface area contributed by atoms with Crippen molar-refractivity contribution in [1.29, 1.82) is 0 Å². The molecule has 0 aliphatic rings. The molecule has 0 saturated heterocycles. The second-order valence-electron chi connectivity index (χ2n) is 5.16. The minimum Gasteiger partial charge on any atom is -0.309 e. The molecule has 0 fully saturated rings. The molecule has 3 nitrogen and oxygen atoms in total. The van der Waals surface area contributed by atoms with Gasteiger partial charge in [0, 0.05) is 24.0 Å². The fraction of sp³-hybridized carbons (Fsp3) is 0.533. The molecular weight excluding hydrogens is 254 g/mol. The number of imidazole rings is 1. The number of nitrogens with zero attached hydrogens (tertiary/aromatic N) is 2. The highest BCUT2D eigenvalue weighted by molar-refractivity contribution is 7.99. The van der Waals surface area contributed by atoms with Gasteiger partial charge >= 0.3 is 0 Å². The molecule has 0 aliphatic carbocycles. The molecule has 1 atom stereocenters. The summed E-state index contributed by atoms with van der Waals surface area (Å²) in [4.78, 5) is 4.76. The summed E-state index contributed by atoms with van der Waals surface area (Å²) >= 11 is 1.88. The van der Waals surface area contributed by atoms with Crippen LogP contribution in [-0.4, -0.2) is 20.7 Å². The molecule has 2 aromatic rings. The molecule has 0 bridgehead atoms. The number of fused-ring (bicyclic) bond motifs is 1. The number of hydrogen-bond donors (Lipinski definition) is 1. The van der Waals surface area contributed by atoms with E-state index in [1.807, 2.05) is 17.8 Å². The lowest BCUT2D eigenvalue weighted by molar-refractivity contribution is 0.574. The van der Waals surface area contributed by atoms with Gasteiger partial charge in [0.1, 0.15) is 10.7 Å². The van der Waals surface area contributed by atoms with Gasteiger partial charge in [-0.3, -0.25) is 0 Å². The maximum Gasteiger partial charge on any atom is 0.138 e. The Bertz CT molecular complexity index is 533. The van der Waals surface area contributed by atoms with Crippen LogP contribution in [0, 0.1) is 0 Å². The maximum atomic E-state index is 4.76. The molecule has 0 amide bonds. The van der Waals surface area contributed by atoms with Gasteiger partial charge in [-0.1, -0.05) is 33.8 Å². The van der Waals surface area contributed by atoms with Crippen molar-refractivity contribution >= 4 is 17.4 Å². The van der Waals surface area contributed by atoms with Gasteiger partial charge in [-0.2, -0.15) is 0 Å². The Morgan fingerprint density at radius 1 is 1.32 bits per heavy atom. The summed E-state index contributed by atoms with van der Waals surface area (Å²) in [5.74, 6) is 0. The van der Waals surface area contributed by atoms with E-state index >= 15 is 0 Å². The van der Waals surface area contributed by atoms with E-state index in [0.717, 1.165) is 23.6 Å². The van der Waals surface area contributed by atoms with Crippen molar-refractivity contribution in [3.8, 4) is 0 Å². The van der Waals surface area contributed by atoms with E-state index in [0.29, 0.717) is 11.3 Å². The van der Waals surface area contributed by atoms with E-state index < -0.39 is 0 Å². The standard InChI is InChI=1S/C15H23N3S/c1-5-12(4)19-15-13(10-16-11(2)3)18-9-7-6-8-14(18)17-15/h6-9,11-12,16H,5,10H2,1-4H3. The van der Waals surface area contributed by atoms with Crippen molar-refractivity contribution < 1.29 is 0 Å². The molecule has 1 unspecified atom stereocenters. The number of hydrogen-bond acceptors (Lipinski definition) is 3. The van der Waals surface area contributed by atoms with E-state index in [1.54, 1.807) is 0 Å². The lowest BCUT2D eigenvalue weighted by Crippen LogP contribution is -2.23. The molecule has 0 spiro atoms.